The summed E-state index contributed by atoms with van der Waals surface area (Å²) < 4.78 is 50.8. The average Bonchev–Trinajstić information content (AvgIpc) is 3.49. The molecule has 0 unspecified atom stereocenters. The topological polar surface area (TPSA) is 89.0 Å². The zero-order chi connectivity index (χ0) is 21.2. The third-order valence-electron chi connectivity index (χ3n) is 4.43. The van der Waals surface area contributed by atoms with Gasteiger partial charge in [0.25, 0.3) is 11.8 Å². The fourth-order valence-corrected chi connectivity index (χ4v) is 3.30. The van der Waals surface area contributed by atoms with Crippen molar-refractivity contribution >= 4 is 15.7 Å². The summed E-state index contributed by atoms with van der Waals surface area (Å²) in [7, 11) is -3.33. The summed E-state index contributed by atoms with van der Waals surface area (Å²) in [6, 6.07) is 7.85. The van der Waals surface area contributed by atoms with Crippen molar-refractivity contribution in [3.05, 3.63) is 59.4 Å². The molecular formula is C20H21F2N3O3S. The molecule has 0 radical (unpaired) electrons. The fourth-order valence-electron chi connectivity index (χ4n) is 2.85. The van der Waals surface area contributed by atoms with Crippen LogP contribution in [0.5, 0.6) is 0 Å². The fraction of sp³-hybridized carbons (Fsp3) is 0.350. The van der Waals surface area contributed by atoms with Gasteiger partial charge in [0.15, 0.2) is 9.84 Å². The number of benzene rings is 1. The number of halogens is 2. The summed E-state index contributed by atoms with van der Waals surface area (Å²) in [4.78, 5) is 20.6. The van der Waals surface area contributed by atoms with E-state index in [0.717, 1.165) is 37.6 Å². The molecule has 0 aliphatic heterocycles. The van der Waals surface area contributed by atoms with Crippen molar-refractivity contribution in [1.29, 1.82) is 0 Å². The molecule has 6 nitrogen and oxygen atoms in total. The number of carbonyl (C=O) groups is 1. The Morgan fingerprint density at radius 2 is 1.93 bits per heavy atom. The van der Waals surface area contributed by atoms with Crippen molar-refractivity contribution < 1.29 is 22.0 Å². The van der Waals surface area contributed by atoms with Crippen LogP contribution in [0, 0.1) is 5.92 Å². The molecule has 0 spiro atoms. The standard InChI is InChI=1S/C20H21F2N3O3S/c1-20(21,22)18-17(14-6-4-3-5-7-14)24-16(12-23-18)19(26)25-15(13-8-9-13)10-11-29(2,27)28/h3-7,10-13,15H,8-9H2,1-2H3,(H,25,26)/b11-10+/t15-/m1/s1. The molecule has 1 amide bonds. The molecule has 0 saturated heterocycles. The van der Waals surface area contributed by atoms with E-state index in [1.54, 1.807) is 30.3 Å². The first-order valence-corrected chi connectivity index (χ1v) is 11.0. The zero-order valence-corrected chi connectivity index (χ0v) is 16.8. The Morgan fingerprint density at radius 1 is 1.28 bits per heavy atom. The molecule has 1 aliphatic carbocycles. The predicted octanol–water partition coefficient (Wildman–Crippen LogP) is 3.32. The summed E-state index contributed by atoms with van der Waals surface area (Å²) in [6.45, 7) is 0.725. The van der Waals surface area contributed by atoms with Crippen LogP contribution in [0.25, 0.3) is 11.3 Å². The van der Waals surface area contributed by atoms with Crippen LogP contribution in [0.15, 0.2) is 48.0 Å². The van der Waals surface area contributed by atoms with Crippen molar-refractivity contribution in [3.63, 3.8) is 0 Å². The molecule has 29 heavy (non-hydrogen) atoms. The Kier molecular flexibility index (Phi) is 5.79. The second kappa shape index (κ2) is 7.98. The van der Waals surface area contributed by atoms with Crippen LogP contribution in [-0.4, -0.2) is 36.6 Å². The van der Waals surface area contributed by atoms with Crippen LogP contribution in [0.3, 0.4) is 0 Å². The summed E-state index contributed by atoms with van der Waals surface area (Å²) in [5.41, 5.74) is -0.284. The summed E-state index contributed by atoms with van der Waals surface area (Å²) >= 11 is 0. The lowest BCUT2D eigenvalue weighted by Crippen LogP contribution is -2.36. The number of nitrogens with one attached hydrogen (secondary N) is 1. The van der Waals surface area contributed by atoms with Crippen molar-refractivity contribution in [2.75, 3.05) is 6.26 Å². The van der Waals surface area contributed by atoms with E-state index in [9.17, 15) is 22.0 Å². The molecule has 1 heterocycles. The SMILES string of the molecule is CC(F)(F)c1ncc(C(=O)N[C@H](/C=C/S(C)(=O)=O)C2CC2)nc1-c1ccccc1. The van der Waals surface area contributed by atoms with Gasteiger partial charge in [-0.05, 0) is 18.8 Å². The lowest BCUT2D eigenvalue weighted by atomic mass is 10.1. The second-order valence-corrected chi connectivity index (χ2v) is 9.13. The lowest BCUT2D eigenvalue weighted by Gasteiger charge is -2.17. The highest BCUT2D eigenvalue weighted by Gasteiger charge is 2.33. The van der Waals surface area contributed by atoms with Gasteiger partial charge in [-0.15, -0.1) is 0 Å². The smallest absolute Gasteiger partial charge is 0.289 e. The Hall–Kier alpha value is -2.68. The van der Waals surface area contributed by atoms with E-state index < -0.39 is 33.4 Å². The Morgan fingerprint density at radius 3 is 2.48 bits per heavy atom. The van der Waals surface area contributed by atoms with E-state index in [1.807, 2.05) is 0 Å². The molecule has 1 aliphatic rings. The number of hydrogen-bond donors (Lipinski definition) is 1. The molecule has 154 valence electrons. The van der Waals surface area contributed by atoms with E-state index in [1.165, 1.54) is 6.08 Å². The predicted molar refractivity (Wildman–Crippen MR) is 105 cm³/mol. The number of nitrogens with zero attached hydrogens (tertiary/aromatic N) is 2. The van der Waals surface area contributed by atoms with Crippen molar-refractivity contribution in [2.24, 2.45) is 5.92 Å². The van der Waals surface area contributed by atoms with Gasteiger partial charge in [0.1, 0.15) is 11.4 Å². The van der Waals surface area contributed by atoms with Crippen molar-refractivity contribution in [3.8, 4) is 11.3 Å². The van der Waals surface area contributed by atoms with Gasteiger partial charge in [0.2, 0.25) is 0 Å². The van der Waals surface area contributed by atoms with E-state index >= 15 is 0 Å². The van der Waals surface area contributed by atoms with E-state index in [0.29, 0.717) is 5.56 Å². The molecular weight excluding hydrogens is 400 g/mol. The maximum atomic E-state index is 14.0. The van der Waals surface area contributed by atoms with Crippen LogP contribution in [0.4, 0.5) is 8.78 Å². The first kappa shape index (κ1) is 21.0. The van der Waals surface area contributed by atoms with E-state index in [4.69, 9.17) is 0 Å². The van der Waals surface area contributed by atoms with Gasteiger partial charge in [0, 0.05) is 24.2 Å². The molecule has 3 rings (SSSR count). The zero-order valence-electron chi connectivity index (χ0n) is 16.0. The molecule has 1 fully saturated rings. The molecule has 0 bridgehead atoms. The highest BCUT2D eigenvalue weighted by Crippen LogP contribution is 2.34. The van der Waals surface area contributed by atoms with Crippen LogP contribution >= 0.6 is 0 Å². The number of amides is 1. The van der Waals surface area contributed by atoms with Crippen molar-refractivity contribution in [1.82, 2.24) is 15.3 Å². The molecule has 1 N–H and O–H groups in total. The third-order valence-corrected chi connectivity index (χ3v) is 5.08. The lowest BCUT2D eigenvalue weighted by molar-refractivity contribution is 0.0130. The number of alkyl halides is 2. The Balaban J connectivity index is 1.92. The maximum Gasteiger partial charge on any atom is 0.289 e. The van der Waals surface area contributed by atoms with Crippen LogP contribution in [0.2, 0.25) is 0 Å². The first-order valence-electron chi connectivity index (χ1n) is 9.04. The quantitative estimate of drug-likeness (QED) is 0.741. The van der Waals surface area contributed by atoms with Gasteiger partial charge in [-0.3, -0.25) is 9.78 Å². The summed E-state index contributed by atoms with van der Waals surface area (Å²) in [5.74, 6) is -3.70. The highest BCUT2D eigenvalue weighted by atomic mass is 32.2. The Bertz CT molecular complexity index is 1030. The van der Waals surface area contributed by atoms with E-state index in [2.05, 4.69) is 15.3 Å². The molecule has 1 aromatic heterocycles. The van der Waals surface area contributed by atoms with Gasteiger partial charge in [-0.1, -0.05) is 36.4 Å². The average molecular weight is 421 g/mol. The number of rotatable bonds is 7. The van der Waals surface area contributed by atoms with Gasteiger partial charge in [-0.25, -0.2) is 13.4 Å². The minimum atomic E-state index is -3.33. The van der Waals surface area contributed by atoms with Gasteiger partial charge >= 0.3 is 0 Å². The molecule has 1 saturated carbocycles. The molecule has 1 atom stereocenters. The van der Waals surface area contributed by atoms with Gasteiger partial charge in [-0.2, -0.15) is 8.78 Å². The van der Waals surface area contributed by atoms with Crippen LogP contribution < -0.4 is 5.32 Å². The normalized spacial score (nSPS) is 16.0. The van der Waals surface area contributed by atoms with E-state index in [-0.39, 0.29) is 17.3 Å². The van der Waals surface area contributed by atoms with Crippen LogP contribution in [-0.2, 0) is 15.8 Å². The summed E-state index contributed by atoms with van der Waals surface area (Å²) in [6.07, 6.45) is 5.24. The third kappa shape index (κ3) is 5.66. The Labute approximate surface area is 168 Å². The first-order chi connectivity index (χ1) is 13.5. The number of carbonyl (C=O) groups excluding carboxylic acids is 1. The highest BCUT2D eigenvalue weighted by molar-refractivity contribution is 7.93. The molecule has 9 heteroatoms. The van der Waals surface area contributed by atoms with Gasteiger partial charge in [0.05, 0.1) is 17.9 Å². The van der Waals surface area contributed by atoms with Crippen molar-refractivity contribution in [2.45, 2.75) is 31.7 Å². The van der Waals surface area contributed by atoms with Gasteiger partial charge < -0.3 is 5.32 Å². The summed E-state index contributed by atoms with van der Waals surface area (Å²) in [5, 5.41) is 3.78. The number of aromatic nitrogens is 2. The maximum absolute atomic E-state index is 14.0. The molecule has 1 aromatic carbocycles. The number of sulfone groups is 1. The minimum absolute atomic E-state index is 0.0691. The largest absolute Gasteiger partial charge is 0.344 e. The monoisotopic (exact) mass is 421 g/mol. The van der Waals surface area contributed by atoms with Crippen LogP contribution in [0.1, 0.15) is 35.9 Å². The minimum Gasteiger partial charge on any atom is -0.344 e. The second-order valence-electron chi connectivity index (χ2n) is 7.20. The molecule has 2 aromatic rings. The number of hydrogen-bond acceptors (Lipinski definition) is 5.